The smallest absolute Gasteiger partial charge is 0.303 e. The van der Waals surface area contributed by atoms with Gasteiger partial charge >= 0.3 is 5.97 Å². The third-order valence-electron chi connectivity index (χ3n) is 3.34. The zero-order valence-corrected chi connectivity index (χ0v) is 15.9. The third-order valence-corrected chi connectivity index (χ3v) is 3.34. The van der Waals surface area contributed by atoms with Gasteiger partial charge in [-0.25, -0.2) is 0 Å². The van der Waals surface area contributed by atoms with Crippen molar-refractivity contribution in [2.24, 2.45) is 0 Å². The zero-order valence-electron chi connectivity index (χ0n) is 15.9. The predicted molar refractivity (Wildman–Crippen MR) is 99.9 cm³/mol. The Kier molecular flexibility index (Phi) is 12.4. The normalized spacial score (nSPS) is 12.4. The average molecular weight is 366 g/mol. The van der Waals surface area contributed by atoms with E-state index in [2.05, 4.69) is 0 Å². The first kappa shape index (κ1) is 22.3. The molecular weight excluding hydrogens is 336 g/mol. The Hall–Kier alpha value is -1.73. The molecule has 0 fully saturated rings. The molecule has 6 heteroatoms. The van der Waals surface area contributed by atoms with E-state index >= 15 is 0 Å². The molecule has 6 nitrogen and oxygen atoms in total. The number of hydrogen-bond donors (Lipinski definition) is 0. The maximum atomic E-state index is 10.9. The van der Waals surface area contributed by atoms with Crippen molar-refractivity contribution in [3.63, 3.8) is 0 Å². The molecule has 0 spiro atoms. The summed E-state index contributed by atoms with van der Waals surface area (Å²) in [5.41, 5.74) is 2.14. The predicted octanol–water partition coefficient (Wildman–Crippen LogP) is 2.85. The number of carbonyl (C=O) groups excluding carboxylic acids is 1. The fourth-order valence-corrected chi connectivity index (χ4v) is 2.04. The average Bonchev–Trinajstić information content (AvgIpc) is 2.62. The van der Waals surface area contributed by atoms with Crippen molar-refractivity contribution in [1.82, 2.24) is 0 Å². The van der Waals surface area contributed by atoms with E-state index in [4.69, 9.17) is 23.7 Å². The Morgan fingerprint density at radius 2 is 1.54 bits per heavy atom. The quantitative estimate of drug-likeness (QED) is 0.373. The van der Waals surface area contributed by atoms with Crippen LogP contribution in [0.4, 0.5) is 0 Å². The van der Waals surface area contributed by atoms with Crippen LogP contribution in [-0.2, 0) is 35.1 Å². The van der Waals surface area contributed by atoms with Crippen LogP contribution in [0.1, 0.15) is 25.0 Å². The highest BCUT2D eigenvalue weighted by Crippen LogP contribution is 2.08. The molecule has 146 valence electrons. The lowest BCUT2D eigenvalue weighted by molar-refractivity contribution is -0.143. The summed E-state index contributed by atoms with van der Waals surface area (Å²) < 4.78 is 26.2. The first-order chi connectivity index (χ1) is 12.6. The third kappa shape index (κ3) is 11.8. The van der Waals surface area contributed by atoms with Gasteiger partial charge in [0.05, 0.1) is 46.2 Å². The summed E-state index contributed by atoms with van der Waals surface area (Å²) in [6.45, 7) is 7.17. The van der Waals surface area contributed by atoms with E-state index in [1.807, 2.05) is 43.3 Å². The van der Waals surface area contributed by atoms with Gasteiger partial charge in [-0.15, -0.1) is 0 Å². The van der Waals surface area contributed by atoms with Gasteiger partial charge in [0, 0.05) is 14.0 Å². The molecule has 0 amide bonds. The van der Waals surface area contributed by atoms with Crippen LogP contribution in [0, 0.1) is 0 Å². The molecule has 0 aliphatic rings. The van der Waals surface area contributed by atoms with Crippen molar-refractivity contribution >= 4 is 12.0 Å². The molecule has 1 aromatic rings. The van der Waals surface area contributed by atoms with Gasteiger partial charge in [-0.2, -0.15) is 0 Å². The van der Waals surface area contributed by atoms with Crippen molar-refractivity contribution in [2.75, 3.05) is 46.8 Å². The van der Waals surface area contributed by atoms with Crippen LogP contribution < -0.4 is 0 Å². The topological polar surface area (TPSA) is 63.2 Å². The van der Waals surface area contributed by atoms with E-state index in [0.29, 0.717) is 46.2 Å². The summed E-state index contributed by atoms with van der Waals surface area (Å²) in [6.07, 6.45) is 3.55. The molecule has 0 aliphatic heterocycles. The van der Waals surface area contributed by atoms with Gasteiger partial charge in [-0.1, -0.05) is 30.3 Å². The molecule has 1 aromatic carbocycles. The molecule has 0 saturated heterocycles. The molecule has 26 heavy (non-hydrogen) atoms. The van der Waals surface area contributed by atoms with Gasteiger partial charge in [-0.3, -0.25) is 4.79 Å². The number of methoxy groups -OCH3 is 1. The lowest BCUT2D eigenvalue weighted by atomic mass is 10.1. The summed E-state index contributed by atoms with van der Waals surface area (Å²) >= 11 is 0. The fraction of sp³-hybridized carbons (Fsp3) is 0.550. The highest BCUT2D eigenvalue weighted by molar-refractivity contribution is 5.66. The van der Waals surface area contributed by atoms with Crippen LogP contribution in [0.5, 0.6) is 0 Å². The number of benzene rings is 1. The van der Waals surface area contributed by atoms with Crippen LogP contribution in [0.3, 0.4) is 0 Å². The molecule has 0 heterocycles. The van der Waals surface area contributed by atoms with E-state index in [1.165, 1.54) is 6.92 Å². The van der Waals surface area contributed by atoms with Gasteiger partial charge < -0.3 is 23.7 Å². The Bertz CT molecular complexity index is 512. The Balaban J connectivity index is 2.11. The van der Waals surface area contributed by atoms with Crippen molar-refractivity contribution in [3.05, 3.63) is 41.5 Å². The molecule has 1 atom stereocenters. The second-order valence-electron chi connectivity index (χ2n) is 5.69. The molecule has 0 N–H and O–H groups in total. The van der Waals surface area contributed by atoms with Crippen molar-refractivity contribution < 1.29 is 28.5 Å². The van der Waals surface area contributed by atoms with Gasteiger partial charge in [-0.05, 0) is 24.1 Å². The standard InChI is InChI=1S/C20H30O6/c1-17(26-18(2)21)4-5-19-6-8-20(9-7-19)16-25-15-14-24-13-12-23-11-10-22-3/h4-9,17H,10-16H2,1-3H3/b5-4+/t17-/m1/s1. The van der Waals surface area contributed by atoms with E-state index in [1.54, 1.807) is 7.11 Å². The van der Waals surface area contributed by atoms with Crippen LogP contribution in [-0.4, -0.2) is 58.8 Å². The maximum Gasteiger partial charge on any atom is 0.303 e. The summed E-state index contributed by atoms with van der Waals surface area (Å²) in [5, 5.41) is 0. The van der Waals surface area contributed by atoms with Gasteiger partial charge in [0.15, 0.2) is 0 Å². The summed E-state index contributed by atoms with van der Waals surface area (Å²) in [5.74, 6) is -0.280. The lowest BCUT2D eigenvalue weighted by Crippen LogP contribution is -2.11. The van der Waals surface area contributed by atoms with E-state index in [-0.39, 0.29) is 12.1 Å². The van der Waals surface area contributed by atoms with Crippen molar-refractivity contribution in [1.29, 1.82) is 0 Å². The Morgan fingerprint density at radius 3 is 2.12 bits per heavy atom. The second-order valence-corrected chi connectivity index (χ2v) is 5.69. The lowest BCUT2D eigenvalue weighted by Gasteiger charge is -2.07. The number of rotatable bonds is 14. The van der Waals surface area contributed by atoms with Crippen molar-refractivity contribution in [2.45, 2.75) is 26.6 Å². The number of esters is 1. The molecular formula is C20H30O6. The number of ether oxygens (including phenoxy) is 5. The van der Waals surface area contributed by atoms with Crippen LogP contribution in [0.25, 0.3) is 6.08 Å². The monoisotopic (exact) mass is 366 g/mol. The molecule has 0 aliphatic carbocycles. The molecule has 0 radical (unpaired) electrons. The first-order valence-corrected chi connectivity index (χ1v) is 8.78. The zero-order chi connectivity index (χ0) is 19.0. The van der Waals surface area contributed by atoms with E-state index in [9.17, 15) is 4.79 Å². The number of carbonyl (C=O) groups is 1. The minimum absolute atomic E-state index is 0.235. The summed E-state index contributed by atoms with van der Waals surface area (Å²) in [7, 11) is 1.65. The van der Waals surface area contributed by atoms with Gasteiger partial charge in [0.25, 0.3) is 0 Å². The van der Waals surface area contributed by atoms with Crippen LogP contribution >= 0.6 is 0 Å². The number of hydrogen-bond acceptors (Lipinski definition) is 6. The molecule has 0 aromatic heterocycles. The Labute approximate surface area is 156 Å². The highest BCUT2D eigenvalue weighted by atomic mass is 16.6. The molecule has 1 rings (SSSR count). The van der Waals surface area contributed by atoms with Crippen LogP contribution in [0.2, 0.25) is 0 Å². The molecule has 0 saturated carbocycles. The van der Waals surface area contributed by atoms with Gasteiger partial charge in [0.1, 0.15) is 6.10 Å². The highest BCUT2D eigenvalue weighted by Gasteiger charge is 2.00. The SMILES string of the molecule is COCCOCCOCCOCc1ccc(/C=C/[C@@H](C)OC(C)=O)cc1. The Morgan fingerprint density at radius 1 is 0.962 bits per heavy atom. The second kappa shape index (κ2) is 14.4. The van der Waals surface area contributed by atoms with Gasteiger partial charge in [0.2, 0.25) is 0 Å². The first-order valence-electron chi connectivity index (χ1n) is 8.78. The maximum absolute atomic E-state index is 10.9. The van der Waals surface area contributed by atoms with E-state index in [0.717, 1.165) is 11.1 Å². The summed E-state index contributed by atoms with van der Waals surface area (Å²) in [4.78, 5) is 10.9. The summed E-state index contributed by atoms with van der Waals surface area (Å²) in [6, 6.07) is 8.04. The van der Waals surface area contributed by atoms with Crippen LogP contribution in [0.15, 0.2) is 30.3 Å². The largest absolute Gasteiger partial charge is 0.459 e. The minimum atomic E-state index is -0.280. The molecule has 0 unspecified atom stereocenters. The fourth-order valence-electron chi connectivity index (χ4n) is 2.04. The van der Waals surface area contributed by atoms with E-state index < -0.39 is 0 Å². The van der Waals surface area contributed by atoms with Crippen molar-refractivity contribution in [3.8, 4) is 0 Å². The molecule has 0 bridgehead atoms. The minimum Gasteiger partial charge on any atom is -0.459 e.